The van der Waals surface area contributed by atoms with Crippen LogP contribution in [0.2, 0.25) is 0 Å². The Morgan fingerprint density at radius 1 is 1.36 bits per heavy atom. The lowest BCUT2D eigenvalue weighted by molar-refractivity contribution is -0.0694. The van der Waals surface area contributed by atoms with E-state index >= 15 is 0 Å². The van der Waals surface area contributed by atoms with Crippen molar-refractivity contribution < 1.29 is 23.4 Å². The number of fused-ring (bicyclic) bond motifs is 2. The summed E-state index contributed by atoms with van der Waals surface area (Å²) in [5.41, 5.74) is 0.209. The number of rotatable bonds is 8. The molecule has 0 spiro atoms. The van der Waals surface area contributed by atoms with Crippen molar-refractivity contribution in [1.29, 1.82) is 0 Å². The second kappa shape index (κ2) is 8.14. The number of anilines is 1. The fraction of sp³-hybridized carbons (Fsp3) is 0.500. The largest absolute Gasteiger partial charge is 0.490 e. The molecule has 2 saturated heterocycles. The van der Waals surface area contributed by atoms with Gasteiger partial charge in [-0.25, -0.2) is 4.39 Å². The van der Waals surface area contributed by atoms with Crippen LogP contribution in [0.4, 0.5) is 10.1 Å². The number of alkyl halides is 1. The Balaban J connectivity index is 1.32. The van der Waals surface area contributed by atoms with Gasteiger partial charge in [0.05, 0.1) is 47.6 Å². The van der Waals surface area contributed by atoms with Gasteiger partial charge in [-0.3, -0.25) is 14.3 Å². The van der Waals surface area contributed by atoms with Crippen molar-refractivity contribution in [2.24, 2.45) is 0 Å². The minimum absolute atomic E-state index is 0.0961. The predicted molar refractivity (Wildman–Crippen MR) is 130 cm³/mol. The maximum atomic E-state index is 13.5. The first kappa shape index (κ1) is 23.2. The number of hydrogen-bond acceptors (Lipinski definition) is 6. The molecule has 4 fully saturated rings. The van der Waals surface area contributed by atoms with Crippen LogP contribution < -0.4 is 15.6 Å². The highest BCUT2D eigenvalue weighted by Crippen LogP contribution is 2.56. The van der Waals surface area contributed by atoms with Crippen LogP contribution in [0.25, 0.3) is 10.9 Å². The lowest BCUT2D eigenvalue weighted by Crippen LogP contribution is -2.53. The highest BCUT2D eigenvalue weighted by molar-refractivity contribution is 6.08. The van der Waals surface area contributed by atoms with E-state index in [4.69, 9.17) is 19.3 Å². The predicted octanol–water partition coefficient (Wildman–Crippen LogP) is 3.42. The second-order valence-electron chi connectivity index (χ2n) is 10.5. The van der Waals surface area contributed by atoms with Crippen molar-refractivity contribution in [1.82, 2.24) is 14.3 Å². The van der Waals surface area contributed by atoms with E-state index < -0.39 is 23.7 Å². The van der Waals surface area contributed by atoms with E-state index in [0.717, 1.165) is 18.2 Å². The number of hydrogen-bond donors (Lipinski definition) is 1. The van der Waals surface area contributed by atoms with Crippen LogP contribution in [0.1, 0.15) is 49.5 Å². The highest BCUT2D eigenvalue weighted by atomic mass is 19.1. The first-order chi connectivity index (χ1) is 17.2. The fourth-order valence-corrected chi connectivity index (χ4v) is 5.59. The van der Waals surface area contributed by atoms with Gasteiger partial charge < -0.3 is 24.1 Å². The van der Waals surface area contributed by atoms with Crippen molar-refractivity contribution in [2.45, 2.75) is 62.6 Å². The lowest BCUT2D eigenvalue weighted by atomic mass is 9.69. The summed E-state index contributed by atoms with van der Waals surface area (Å²) >= 11 is 0. The lowest BCUT2D eigenvalue weighted by Gasteiger charge is -2.43. The number of methoxy groups -OCH3 is 1. The molecule has 1 amide bonds. The van der Waals surface area contributed by atoms with E-state index in [1.54, 1.807) is 31.5 Å². The topological polar surface area (TPSA) is 96.6 Å². The summed E-state index contributed by atoms with van der Waals surface area (Å²) in [6.45, 7) is 4.87. The quantitative estimate of drug-likeness (QED) is 0.513. The van der Waals surface area contributed by atoms with Gasteiger partial charge in [0.2, 0.25) is 0 Å². The van der Waals surface area contributed by atoms with Crippen LogP contribution in [0, 0.1) is 0 Å². The molecule has 3 aromatic rings. The Kier molecular flexibility index (Phi) is 5.24. The maximum Gasteiger partial charge on any atom is 0.274 e. The summed E-state index contributed by atoms with van der Waals surface area (Å²) in [5.74, 6) is -0.0992. The number of amides is 1. The zero-order valence-electron chi connectivity index (χ0n) is 20.5. The van der Waals surface area contributed by atoms with Crippen LogP contribution in [0.3, 0.4) is 0 Å². The molecule has 0 radical (unpaired) electrons. The molecule has 2 bridgehead atoms. The van der Waals surface area contributed by atoms with Gasteiger partial charge in [0.15, 0.2) is 0 Å². The molecule has 10 heteroatoms. The van der Waals surface area contributed by atoms with Crippen molar-refractivity contribution in [3.8, 4) is 5.75 Å². The number of nitrogens with zero attached hydrogens (tertiary/aromatic N) is 3. The normalized spacial score (nSPS) is 28.4. The SMILES string of the molecule is COCC12CC(n3cc4cc(C(=O)Nc5cccn([C@@H]6C[C@H]6F)c5=O)c(OC(C)C)cc4n3)(CO1)C2. The molecule has 2 aliphatic carbocycles. The molecule has 1 N–H and O–H groups in total. The number of carbonyl (C=O) groups is 1. The third-order valence-corrected chi connectivity index (χ3v) is 7.32. The number of halogens is 1. The van der Waals surface area contributed by atoms with Gasteiger partial charge in [-0.05, 0) is 32.0 Å². The average Bonchev–Trinajstić information content (AvgIpc) is 3.13. The maximum absolute atomic E-state index is 13.5. The molecule has 1 aromatic carbocycles. The Hall–Kier alpha value is -3.24. The Labute approximate surface area is 207 Å². The molecule has 2 aliphatic heterocycles. The Morgan fingerprint density at radius 2 is 2.14 bits per heavy atom. The van der Waals surface area contributed by atoms with E-state index in [0.29, 0.717) is 36.5 Å². The summed E-state index contributed by atoms with van der Waals surface area (Å²) in [6.07, 6.45) is 4.23. The highest BCUT2D eigenvalue weighted by Gasteiger charge is 2.64. The smallest absolute Gasteiger partial charge is 0.274 e. The van der Waals surface area contributed by atoms with E-state index in [1.165, 1.54) is 10.6 Å². The van der Waals surface area contributed by atoms with Gasteiger partial charge in [0.1, 0.15) is 17.6 Å². The summed E-state index contributed by atoms with van der Waals surface area (Å²) < 4.78 is 34.1. The number of benzene rings is 1. The van der Waals surface area contributed by atoms with Gasteiger partial charge in [-0.2, -0.15) is 5.10 Å². The Bertz CT molecular complexity index is 1410. The van der Waals surface area contributed by atoms with Crippen molar-refractivity contribution >= 4 is 22.5 Å². The molecular formula is C26H29FN4O5. The van der Waals surface area contributed by atoms with Crippen LogP contribution in [0.15, 0.2) is 41.5 Å². The molecular weight excluding hydrogens is 467 g/mol. The van der Waals surface area contributed by atoms with E-state index in [9.17, 15) is 14.0 Å². The van der Waals surface area contributed by atoms with Crippen LogP contribution in [-0.4, -0.2) is 58.5 Å². The van der Waals surface area contributed by atoms with Crippen LogP contribution in [0.5, 0.6) is 5.75 Å². The molecule has 2 aromatic heterocycles. The number of pyridine rings is 1. The number of nitrogens with one attached hydrogen (secondary N) is 1. The molecule has 4 aliphatic rings. The molecule has 2 saturated carbocycles. The summed E-state index contributed by atoms with van der Waals surface area (Å²) in [6, 6.07) is 6.18. The summed E-state index contributed by atoms with van der Waals surface area (Å²) in [7, 11) is 1.68. The van der Waals surface area contributed by atoms with Crippen molar-refractivity contribution in [3.05, 3.63) is 52.6 Å². The Morgan fingerprint density at radius 3 is 2.83 bits per heavy atom. The van der Waals surface area contributed by atoms with Gasteiger partial charge in [-0.1, -0.05) is 0 Å². The molecule has 4 heterocycles. The average molecular weight is 497 g/mol. The molecule has 36 heavy (non-hydrogen) atoms. The second-order valence-corrected chi connectivity index (χ2v) is 10.5. The monoisotopic (exact) mass is 496 g/mol. The molecule has 9 nitrogen and oxygen atoms in total. The molecule has 190 valence electrons. The molecule has 0 unspecified atom stereocenters. The van der Waals surface area contributed by atoms with Crippen LogP contribution in [-0.2, 0) is 15.0 Å². The minimum Gasteiger partial charge on any atom is -0.490 e. The van der Waals surface area contributed by atoms with Gasteiger partial charge in [0.25, 0.3) is 11.5 Å². The van der Waals surface area contributed by atoms with Gasteiger partial charge >= 0.3 is 0 Å². The summed E-state index contributed by atoms with van der Waals surface area (Å²) in [5, 5.41) is 8.29. The molecule has 2 atom stereocenters. The van der Waals surface area contributed by atoms with E-state index in [-0.39, 0.29) is 22.9 Å². The fourth-order valence-electron chi connectivity index (χ4n) is 5.59. The van der Waals surface area contributed by atoms with E-state index in [2.05, 4.69) is 5.32 Å². The van der Waals surface area contributed by atoms with Gasteiger partial charge in [0, 0.05) is 50.2 Å². The first-order valence-corrected chi connectivity index (χ1v) is 12.2. The minimum atomic E-state index is -1.03. The number of aromatic nitrogens is 3. The first-order valence-electron chi connectivity index (χ1n) is 12.2. The third kappa shape index (κ3) is 3.70. The zero-order valence-corrected chi connectivity index (χ0v) is 20.5. The number of carbonyl (C=O) groups excluding carboxylic acids is 1. The summed E-state index contributed by atoms with van der Waals surface area (Å²) in [4.78, 5) is 26.2. The number of ether oxygens (including phenoxy) is 3. The van der Waals surface area contributed by atoms with Crippen LogP contribution >= 0.6 is 0 Å². The zero-order chi connectivity index (χ0) is 25.2. The third-order valence-electron chi connectivity index (χ3n) is 7.32. The van der Waals surface area contributed by atoms with Crippen molar-refractivity contribution in [3.63, 3.8) is 0 Å². The molecule has 7 rings (SSSR count). The van der Waals surface area contributed by atoms with Crippen molar-refractivity contribution in [2.75, 3.05) is 25.6 Å². The van der Waals surface area contributed by atoms with E-state index in [1.807, 2.05) is 24.7 Å². The van der Waals surface area contributed by atoms with Gasteiger partial charge in [-0.15, -0.1) is 0 Å². The standard InChI is InChI=1S/C26H29FN4O5/c1-15(2)36-22-9-20-16(10-31(29-20)25-11-26(12-25,14-34-3)35-13-25)7-17(22)23(32)28-19-5-4-6-30(24(19)33)21-8-18(21)27/h4-7,9-10,15,18,21H,8,11-14H2,1-3H3,(H,28,32)/t18-,21-,25?,26?/m1/s1.